The van der Waals surface area contributed by atoms with Gasteiger partial charge in [0.05, 0.1) is 5.69 Å². The Morgan fingerprint density at radius 2 is 2.19 bits per heavy atom. The highest BCUT2D eigenvalue weighted by Crippen LogP contribution is 2.18. The molecule has 0 atom stereocenters. The zero-order valence-electron chi connectivity index (χ0n) is 11.6. The van der Waals surface area contributed by atoms with Crippen molar-refractivity contribution < 1.29 is 9.53 Å². The number of anilines is 1. The number of rotatable bonds is 3. The standard InChI is InChI=1S/C14H14ClN3O3/c1-3-18-8(2)11(17-12(16)13(18)19)14(20)21-10-6-4-5-9(15)7-10/h4-7H,3H2,1-2H3,(H2,16,17). The molecule has 0 amide bonds. The van der Waals surface area contributed by atoms with Crippen LogP contribution in [0.25, 0.3) is 0 Å². The van der Waals surface area contributed by atoms with E-state index in [1.807, 2.05) is 0 Å². The van der Waals surface area contributed by atoms with Crippen LogP contribution in [0.15, 0.2) is 29.1 Å². The molecule has 0 radical (unpaired) electrons. The van der Waals surface area contributed by atoms with Crippen molar-refractivity contribution in [1.82, 2.24) is 9.55 Å². The molecule has 0 saturated carbocycles. The van der Waals surface area contributed by atoms with Crippen LogP contribution in [0.3, 0.4) is 0 Å². The molecular formula is C14H14ClN3O3. The van der Waals surface area contributed by atoms with Gasteiger partial charge >= 0.3 is 5.97 Å². The van der Waals surface area contributed by atoms with E-state index in [1.54, 1.807) is 32.0 Å². The van der Waals surface area contributed by atoms with Crippen molar-refractivity contribution in [3.63, 3.8) is 0 Å². The molecule has 1 heterocycles. The lowest BCUT2D eigenvalue weighted by molar-refractivity contribution is 0.0726. The van der Waals surface area contributed by atoms with E-state index in [0.29, 0.717) is 23.0 Å². The molecule has 0 aliphatic heterocycles. The number of aromatic nitrogens is 2. The van der Waals surface area contributed by atoms with Gasteiger partial charge in [-0.3, -0.25) is 4.79 Å². The third kappa shape index (κ3) is 3.05. The minimum absolute atomic E-state index is 0.00826. The third-order valence-corrected chi connectivity index (χ3v) is 3.20. The predicted molar refractivity (Wildman–Crippen MR) is 79.7 cm³/mol. The summed E-state index contributed by atoms with van der Waals surface area (Å²) in [5, 5.41) is 0.447. The summed E-state index contributed by atoms with van der Waals surface area (Å²) in [5.74, 6) is -0.634. The van der Waals surface area contributed by atoms with Crippen molar-refractivity contribution in [3.05, 3.63) is 51.0 Å². The summed E-state index contributed by atoms with van der Waals surface area (Å²) >= 11 is 5.83. The van der Waals surface area contributed by atoms with E-state index in [0.717, 1.165) is 0 Å². The van der Waals surface area contributed by atoms with Crippen LogP contribution in [-0.4, -0.2) is 15.5 Å². The Bertz CT molecular complexity index is 756. The minimum atomic E-state index is -0.691. The zero-order valence-corrected chi connectivity index (χ0v) is 12.3. The Labute approximate surface area is 126 Å². The molecule has 6 nitrogen and oxygen atoms in total. The lowest BCUT2D eigenvalue weighted by Crippen LogP contribution is -2.29. The fourth-order valence-corrected chi connectivity index (χ4v) is 2.11. The number of hydrogen-bond acceptors (Lipinski definition) is 5. The number of carbonyl (C=O) groups excluding carboxylic acids is 1. The summed E-state index contributed by atoms with van der Waals surface area (Å²) < 4.78 is 6.57. The molecule has 0 unspecified atom stereocenters. The van der Waals surface area contributed by atoms with Crippen LogP contribution < -0.4 is 16.0 Å². The number of nitrogen functional groups attached to an aromatic ring is 1. The second-order valence-electron chi connectivity index (χ2n) is 4.33. The second kappa shape index (κ2) is 5.97. The van der Waals surface area contributed by atoms with Gasteiger partial charge in [-0.2, -0.15) is 0 Å². The van der Waals surface area contributed by atoms with Gasteiger partial charge in [0.25, 0.3) is 5.56 Å². The highest BCUT2D eigenvalue weighted by atomic mass is 35.5. The van der Waals surface area contributed by atoms with Gasteiger partial charge in [-0.25, -0.2) is 9.78 Å². The van der Waals surface area contributed by atoms with Gasteiger partial charge in [-0.15, -0.1) is 0 Å². The molecule has 0 aliphatic rings. The van der Waals surface area contributed by atoms with Crippen molar-refractivity contribution in [1.29, 1.82) is 0 Å². The Morgan fingerprint density at radius 1 is 1.48 bits per heavy atom. The topological polar surface area (TPSA) is 87.2 Å². The van der Waals surface area contributed by atoms with E-state index in [4.69, 9.17) is 22.1 Å². The quantitative estimate of drug-likeness (QED) is 0.692. The number of hydrogen-bond donors (Lipinski definition) is 1. The van der Waals surface area contributed by atoms with Crippen LogP contribution >= 0.6 is 11.6 Å². The van der Waals surface area contributed by atoms with Crippen molar-refractivity contribution >= 4 is 23.4 Å². The van der Waals surface area contributed by atoms with Gasteiger partial charge in [-0.1, -0.05) is 17.7 Å². The molecule has 0 fully saturated rings. The van der Waals surface area contributed by atoms with E-state index in [-0.39, 0.29) is 11.5 Å². The lowest BCUT2D eigenvalue weighted by atomic mass is 10.3. The van der Waals surface area contributed by atoms with E-state index < -0.39 is 11.5 Å². The van der Waals surface area contributed by atoms with Crippen LogP contribution in [0.5, 0.6) is 5.75 Å². The molecule has 0 bridgehead atoms. The third-order valence-electron chi connectivity index (χ3n) is 2.96. The number of ether oxygens (including phenoxy) is 1. The summed E-state index contributed by atoms with van der Waals surface area (Å²) in [7, 11) is 0. The highest BCUT2D eigenvalue weighted by molar-refractivity contribution is 6.30. The van der Waals surface area contributed by atoms with Gasteiger partial charge in [0, 0.05) is 11.6 Å². The number of benzene rings is 1. The van der Waals surface area contributed by atoms with Gasteiger partial charge in [0.15, 0.2) is 11.5 Å². The first kappa shape index (κ1) is 15.1. The molecular weight excluding hydrogens is 294 g/mol. The Balaban J connectivity index is 2.40. The van der Waals surface area contributed by atoms with Crippen molar-refractivity contribution in [2.45, 2.75) is 20.4 Å². The average Bonchev–Trinajstić information content (AvgIpc) is 2.43. The highest BCUT2D eigenvalue weighted by Gasteiger charge is 2.19. The smallest absolute Gasteiger partial charge is 0.364 e. The summed E-state index contributed by atoms with van der Waals surface area (Å²) in [6.45, 7) is 3.78. The van der Waals surface area contributed by atoms with Gasteiger partial charge in [0.2, 0.25) is 0 Å². The van der Waals surface area contributed by atoms with Crippen LogP contribution in [0.2, 0.25) is 5.02 Å². The normalized spacial score (nSPS) is 10.4. The van der Waals surface area contributed by atoms with E-state index in [1.165, 1.54) is 10.6 Å². The number of nitrogens with zero attached hydrogens (tertiary/aromatic N) is 2. The van der Waals surface area contributed by atoms with Crippen LogP contribution in [0, 0.1) is 6.92 Å². The van der Waals surface area contributed by atoms with E-state index >= 15 is 0 Å². The number of esters is 1. The molecule has 110 valence electrons. The number of carbonyl (C=O) groups is 1. The van der Waals surface area contributed by atoms with Crippen molar-refractivity contribution in [2.75, 3.05) is 5.73 Å². The lowest BCUT2D eigenvalue weighted by Gasteiger charge is -2.12. The van der Waals surface area contributed by atoms with Crippen LogP contribution in [0.4, 0.5) is 5.82 Å². The Hall–Kier alpha value is -2.34. The SMILES string of the molecule is CCn1c(C)c(C(=O)Oc2cccc(Cl)c2)nc(N)c1=O. The Kier molecular flexibility index (Phi) is 4.28. The second-order valence-corrected chi connectivity index (χ2v) is 4.76. The summed E-state index contributed by atoms with van der Waals surface area (Å²) in [6.07, 6.45) is 0. The first-order valence-electron chi connectivity index (χ1n) is 6.28. The van der Waals surface area contributed by atoms with Crippen LogP contribution in [-0.2, 0) is 6.54 Å². The fourth-order valence-electron chi connectivity index (χ4n) is 1.93. The number of nitrogens with two attached hydrogens (primary N) is 1. The molecule has 2 N–H and O–H groups in total. The predicted octanol–water partition coefficient (Wildman–Crippen LogP) is 2.03. The molecule has 1 aromatic heterocycles. The first-order chi connectivity index (χ1) is 9.93. The van der Waals surface area contributed by atoms with Crippen molar-refractivity contribution in [2.24, 2.45) is 0 Å². The molecule has 2 aromatic rings. The average molecular weight is 308 g/mol. The maximum absolute atomic E-state index is 12.2. The van der Waals surface area contributed by atoms with Gasteiger partial charge in [0.1, 0.15) is 5.75 Å². The zero-order chi connectivity index (χ0) is 15.6. The maximum atomic E-state index is 12.2. The molecule has 0 aliphatic carbocycles. The van der Waals surface area contributed by atoms with Gasteiger partial charge < -0.3 is 15.0 Å². The minimum Gasteiger partial charge on any atom is -0.422 e. The van der Waals surface area contributed by atoms with Crippen molar-refractivity contribution in [3.8, 4) is 5.75 Å². The summed E-state index contributed by atoms with van der Waals surface area (Å²) in [4.78, 5) is 27.8. The molecule has 2 rings (SSSR count). The molecule has 0 saturated heterocycles. The number of halogens is 1. The molecule has 7 heteroatoms. The van der Waals surface area contributed by atoms with Gasteiger partial charge in [-0.05, 0) is 32.0 Å². The first-order valence-corrected chi connectivity index (χ1v) is 6.66. The maximum Gasteiger partial charge on any atom is 0.364 e. The largest absolute Gasteiger partial charge is 0.422 e. The van der Waals surface area contributed by atoms with Crippen LogP contribution in [0.1, 0.15) is 23.1 Å². The molecule has 21 heavy (non-hydrogen) atoms. The monoisotopic (exact) mass is 307 g/mol. The fraction of sp³-hybridized carbons (Fsp3) is 0.214. The molecule has 0 spiro atoms. The Morgan fingerprint density at radius 3 is 2.81 bits per heavy atom. The molecule has 1 aromatic carbocycles. The summed E-state index contributed by atoms with van der Waals surface area (Å²) in [5.41, 5.74) is 5.54. The van der Waals surface area contributed by atoms with E-state index in [2.05, 4.69) is 4.98 Å². The van der Waals surface area contributed by atoms with E-state index in [9.17, 15) is 9.59 Å². The summed E-state index contributed by atoms with van der Waals surface area (Å²) in [6, 6.07) is 6.43.